The molecule has 1 heterocycles. The second-order valence-electron chi connectivity index (χ2n) is 10.9. The van der Waals surface area contributed by atoms with Gasteiger partial charge in [0.05, 0.1) is 6.26 Å². The Balaban J connectivity index is 0.000000439. The number of hydrogen-bond acceptors (Lipinski definition) is 7. The summed E-state index contributed by atoms with van der Waals surface area (Å²) < 4.78 is 38.3. The van der Waals surface area contributed by atoms with Gasteiger partial charge in [-0.05, 0) is 80.4 Å². The standard InChI is InChI=1S/C24H33NO4.CH4O3S/c25-9-10-26-22-3-1-18(2-4-22)19-5-7-23(8-6-19)27-24(29-28-23)20-12-16-11-17(14-20)15-21(24)13-16;1-5(2,3)4/h1-4,16-17,19-21H,5-15,25H2;1H3,(H,2,3,4). The Morgan fingerprint density at radius 2 is 1.56 bits per heavy atom. The van der Waals surface area contributed by atoms with Gasteiger partial charge in [0.15, 0.2) is 0 Å². The maximum Gasteiger partial charge on any atom is 0.261 e. The minimum Gasteiger partial charge on any atom is -0.492 e. The summed E-state index contributed by atoms with van der Waals surface area (Å²) in [6, 6.07) is 8.51. The van der Waals surface area contributed by atoms with E-state index in [1.165, 1.54) is 37.7 Å². The van der Waals surface area contributed by atoms with E-state index in [2.05, 4.69) is 24.3 Å². The van der Waals surface area contributed by atoms with Gasteiger partial charge >= 0.3 is 0 Å². The third-order valence-electron chi connectivity index (χ3n) is 8.43. The Kier molecular flexibility index (Phi) is 6.72. The van der Waals surface area contributed by atoms with Gasteiger partial charge in [-0.15, -0.1) is 0 Å². The topological polar surface area (TPSA) is 117 Å². The molecule has 6 aliphatic rings. The zero-order valence-electron chi connectivity index (χ0n) is 19.9. The van der Waals surface area contributed by atoms with E-state index in [0.717, 1.165) is 43.3 Å². The summed E-state index contributed by atoms with van der Waals surface area (Å²) in [5.74, 6) is 3.36. The fraction of sp³-hybridized carbons (Fsp3) is 0.760. The Morgan fingerprint density at radius 3 is 2.09 bits per heavy atom. The highest BCUT2D eigenvalue weighted by atomic mass is 32.2. The third kappa shape index (κ3) is 5.01. The van der Waals surface area contributed by atoms with Crippen molar-refractivity contribution in [3.63, 3.8) is 0 Å². The average molecular weight is 496 g/mol. The van der Waals surface area contributed by atoms with Crippen molar-refractivity contribution in [3.05, 3.63) is 29.8 Å². The Morgan fingerprint density at radius 1 is 1.00 bits per heavy atom. The van der Waals surface area contributed by atoms with Crippen LogP contribution in [0.2, 0.25) is 0 Å². The van der Waals surface area contributed by atoms with Gasteiger partial charge in [0.2, 0.25) is 11.6 Å². The van der Waals surface area contributed by atoms with Crippen molar-refractivity contribution in [2.24, 2.45) is 29.4 Å². The summed E-state index contributed by atoms with van der Waals surface area (Å²) in [6.45, 7) is 1.10. The van der Waals surface area contributed by atoms with Crippen LogP contribution >= 0.6 is 0 Å². The summed E-state index contributed by atoms with van der Waals surface area (Å²) in [4.78, 5) is 12.2. The first kappa shape index (κ1) is 24.5. The highest BCUT2D eigenvalue weighted by Crippen LogP contribution is 2.64. The van der Waals surface area contributed by atoms with E-state index in [-0.39, 0.29) is 0 Å². The van der Waals surface area contributed by atoms with Gasteiger partial charge in [0.1, 0.15) is 12.4 Å². The molecule has 5 saturated carbocycles. The average Bonchev–Trinajstić information content (AvgIpc) is 3.15. The molecule has 0 amide bonds. The summed E-state index contributed by atoms with van der Waals surface area (Å²) >= 11 is 0. The van der Waals surface area contributed by atoms with E-state index in [9.17, 15) is 8.42 Å². The van der Waals surface area contributed by atoms with Crippen LogP contribution < -0.4 is 10.5 Å². The minimum absolute atomic E-state index is 0.442. The molecule has 9 heteroatoms. The lowest BCUT2D eigenvalue weighted by molar-refractivity contribution is -0.390. The monoisotopic (exact) mass is 495 g/mol. The summed E-state index contributed by atoms with van der Waals surface area (Å²) in [5, 5.41) is 0. The second kappa shape index (κ2) is 9.33. The molecule has 1 aromatic carbocycles. The lowest BCUT2D eigenvalue weighted by Crippen LogP contribution is -2.59. The van der Waals surface area contributed by atoms with Crippen LogP contribution in [0, 0.1) is 23.7 Å². The fourth-order valence-corrected chi connectivity index (χ4v) is 7.20. The fourth-order valence-electron chi connectivity index (χ4n) is 7.20. The minimum atomic E-state index is -3.67. The molecule has 1 saturated heterocycles. The highest BCUT2D eigenvalue weighted by molar-refractivity contribution is 7.85. The lowest BCUT2D eigenvalue weighted by atomic mass is 9.53. The van der Waals surface area contributed by atoms with Gasteiger partial charge in [-0.3, -0.25) is 4.55 Å². The van der Waals surface area contributed by atoms with E-state index < -0.39 is 21.7 Å². The van der Waals surface area contributed by atoms with E-state index in [1.54, 1.807) is 0 Å². The number of rotatable bonds is 4. The molecule has 3 N–H and O–H groups in total. The molecule has 0 unspecified atom stereocenters. The summed E-state index contributed by atoms with van der Waals surface area (Å²) in [5.41, 5.74) is 6.89. The number of ether oxygens (including phenoxy) is 2. The predicted molar refractivity (Wildman–Crippen MR) is 125 cm³/mol. The van der Waals surface area contributed by atoms with Gasteiger partial charge in [0.25, 0.3) is 10.1 Å². The molecular weight excluding hydrogens is 458 g/mol. The van der Waals surface area contributed by atoms with Crippen molar-refractivity contribution >= 4 is 10.1 Å². The first-order valence-electron chi connectivity index (χ1n) is 12.6. The number of nitrogens with two attached hydrogens (primary N) is 1. The van der Waals surface area contributed by atoms with Crippen LogP contribution in [0.25, 0.3) is 0 Å². The molecule has 2 spiro atoms. The first-order chi connectivity index (χ1) is 16.2. The molecule has 0 aromatic heterocycles. The van der Waals surface area contributed by atoms with E-state index in [4.69, 9.17) is 29.5 Å². The van der Waals surface area contributed by atoms with Crippen LogP contribution in [0.5, 0.6) is 5.75 Å². The van der Waals surface area contributed by atoms with E-state index >= 15 is 0 Å². The molecule has 7 rings (SSSR count). The van der Waals surface area contributed by atoms with Gasteiger partial charge in [0, 0.05) is 31.2 Å². The summed E-state index contributed by atoms with van der Waals surface area (Å²) in [7, 11) is -3.67. The molecule has 1 aliphatic heterocycles. The zero-order chi connectivity index (χ0) is 24.0. The van der Waals surface area contributed by atoms with Crippen molar-refractivity contribution in [1.29, 1.82) is 0 Å². The van der Waals surface area contributed by atoms with Gasteiger partial charge in [-0.2, -0.15) is 18.2 Å². The zero-order valence-corrected chi connectivity index (χ0v) is 20.7. The second-order valence-corrected chi connectivity index (χ2v) is 12.4. The third-order valence-corrected chi connectivity index (χ3v) is 8.43. The quantitative estimate of drug-likeness (QED) is 0.475. The van der Waals surface area contributed by atoms with Crippen LogP contribution in [0.4, 0.5) is 0 Å². The molecule has 0 radical (unpaired) electrons. The van der Waals surface area contributed by atoms with Crippen molar-refractivity contribution < 1.29 is 32.2 Å². The summed E-state index contributed by atoms with van der Waals surface area (Å²) in [6.07, 6.45) is 11.2. The van der Waals surface area contributed by atoms with Crippen molar-refractivity contribution in [2.45, 2.75) is 75.3 Å². The van der Waals surface area contributed by atoms with Crippen molar-refractivity contribution in [3.8, 4) is 5.75 Å². The Hall–Kier alpha value is -1.23. The molecule has 8 nitrogen and oxygen atoms in total. The lowest BCUT2D eigenvalue weighted by Gasteiger charge is -2.57. The predicted octanol–water partition coefficient (Wildman–Crippen LogP) is 4.01. The van der Waals surface area contributed by atoms with Crippen molar-refractivity contribution in [1.82, 2.24) is 0 Å². The normalized spacial score (nSPS) is 40.4. The van der Waals surface area contributed by atoms with Crippen molar-refractivity contribution in [2.75, 3.05) is 19.4 Å². The molecule has 190 valence electrons. The maximum atomic E-state index is 9.19. The van der Waals surface area contributed by atoms with Gasteiger partial charge < -0.3 is 15.2 Å². The van der Waals surface area contributed by atoms with Crippen LogP contribution in [0.1, 0.15) is 69.3 Å². The largest absolute Gasteiger partial charge is 0.492 e. The molecule has 34 heavy (non-hydrogen) atoms. The number of hydrogen-bond donors (Lipinski definition) is 2. The molecule has 6 fully saturated rings. The van der Waals surface area contributed by atoms with Crippen LogP contribution in [-0.4, -0.2) is 44.0 Å². The molecule has 0 atom stereocenters. The SMILES string of the molecule is CS(=O)(=O)O.NCCOc1ccc(C2CCC3(CC2)OOC2(O3)C3CC4CC(C3)CC2C4)cc1. The van der Waals surface area contributed by atoms with Crippen LogP contribution in [-0.2, 0) is 24.6 Å². The Bertz CT molecular complexity index is 920. The molecule has 5 aliphatic carbocycles. The molecule has 4 bridgehead atoms. The van der Waals surface area contributed by atoms with E-state index in [0.29, 0.717) is 37.2 Å². The Labute approximate surface area is 202 Å². The van der Waals surface area contributed by atoms with Crippen LogP contribution in [0.3, 0.4) is 0 Å². The smallest absolute Gasteiger partial charge is 0.261 e. The molecular formula is C25H37NO7S. The number of benzene rings is 1. The van der Waals surface area contributed by atoms with Gasteiger partial charge in [-0.25, -0.2) is 0 Å². The van der Waals surface area contributed by atoms with Gasteiger partial charge in [-0.1, -0.05) is 12.1 Å². The maximum absolute atomic E-state index is 9.19. The van der Waals surface area contributed by atoms with E-state index in [1.807, 2.05) is 0 Å². The molecule has 1 aromatic rings. The first-order valence-corrected chi connectivity index (χ1v) is 14.5. The highest BCUT2D eigenvalue weighted by Gasteiger charge is 2.66. The van der Waals surface area contributed by atoms with Crippen LogP contribution in [0.15, 0.2) is 24.3 Å².